The highest BCUT2D eigenvalue weighted by Gasteiger charge is 2.27. The van der Waals surface area contributed by atoms with Crippen LogP contribution >= 0.6 is 11.3 Å². The van der Waals surface area contributed by atoms with Crippen LogP contribution in [0.2, 0.25) is 0 Å². The van der Waals surface area contributed by atoms with Gasteiger partial charge >= 0.3 is 0 Å². The maximum absolute atomic E-state index is 12.1. The molecule has 0 amide bonds. The molecule has 0 saturated heterocycles. The molecule has 3 N–H and O–H groups in total. The van der Waals surface area contributed by atoms with Crippen LogP contribution in [0.4, 0.5) is 28.8 Å². The molecule has 4 rings (SSSR count). The van der Waals surface area contributed by atoms with Crippen molar-refractivity contribution in [2.75, 3.05) is 16.0 Å². The van der Waals surface area contributed by atoms with Crippen molar-refractivity contribution in [3.8, 4) is 10.4 Å². The van der Waals surface area contributed by atoms with Crippen molar-refractivity contribution in [2.45, 2.75) is 33.7 Å². The van der Waals surface area contributed by atoms with E-state index in [1.54, 1.807) is 23.6 Å². The summed E-state index contributed by atoms with van der Waals surface area (Å²) in [5.74, 6) is 0.811. The minimum atomic E-state index is -0.550. The molecule has 32 heavy (non-hydrogen) atoms. The molecule has 8 heteroatoms. The lowest BCUT2D eigenvalue weighted by Gasteiger charge is -2.30. The Kier molecular flexibility index (Phi) is 5.80. The largest absolute Gasteiger partial charge is 0.377 e. The van der Waals surface area contributed by atoms with E-state index in [9.17, 15) is 9.59 Å². The molecular weight excluding hydrogens is 422 g/mol. The normalized spacial score (nSPS) is 12.5. The molecule has 0 bridgehead atoms. The molecule has 2 aromatic heterocycles. The maximum Gasteiger partial charge on any atom is 0.253 e. The predicted molar refractivity (Wildman–Crippen MR) is 132 cm³/mol. The first-order chi connectivity index (χ1) is 15.2. The molecule has 0 fully saturated rings. The maximum atomic E-state index is 12.1. The van der Waals surface area contributed by atoms with Crippen molar-refractivity contribution >= 4 is 40.2 Å². The molecule has 2 aromatic carbocycles. The summed E-state index contributed by atoms with van der Waals surface area (Å²) in [5.41, 5.74) is 1.39. The Morgan fingerprint density at radius 3 is 2.31 bits per heavy atom. The SMILES string of the molecule is CC(Nc1c(Nc2ccnc(Nc3ccc(-c4cccs4)cc3)n2)c(=O)c1=O)C(C)(C)C. The Balaban J connectivity index is 1.48. The number of anilines is 5. The summed E-state index contributed by atoms with van der Waals surface area (Å²) >= 11 is 1.69. The molecule has 0 aliphatic heterocycles. The van der Waals surface area contributed by atoms with Crippen LogP contribution < -0.4 is 26.8 Å². The van der Waals surface area contributed by atoms with E-state index in [1.165, 1.54) is 4.88 Å². The van der Waals surface area contributed by atoms with Crippen molar-refractivity contribution in [3.05, 3.63) is 74.5 Å². The second-order valence-corrected chi connectivity index (χ2v) is 9.66. The zero-order valence-electron chi connectivity index (χ0n) is 18.4. The van der Waals surface area contributed by atoms with Crippen molar-refractivity contribution in [2.24, 2.45) is 5.41 Å². The summed E-state index contributed by atoms with van der Waals surface area (Å²) in [4.78, 5) is 34.1. The molecule has 4 aromatic rings. The third kappa shape index (κ3) is 4.55. The van der Waals surface area contributed by atoms with E-state index in [0.29, 0.717) is 17.5 Å². The summed E-state index contributed by atoms with van der Waals surface area (Å²) in [7, 11) is 0. The first kappa shape index (κ1) is 21.7. The van der Waals surface area contributed by atoms with Crippen LogP contribution in [0.1, 0.15) is 27.7 Å². The third-order valence-electron chi connectivity index (χ3n) is 5.43. The van der Waals surface area contributed by atoms with Crippen molar-refractivity contribution in [3.63, 3.8) is 0 Å². The lowest BCUT2D eigenvalue weighted by molar-refractivity contribution is 0.359. The lowest BCUT2D eigenvalue weighted by Crippen LogP contribution is -2.41. The quantitative estimate of drug-likeness (QED) is 0.338. The van der Waals surface area contributed by atoms with E-state index in [-0.39, 0.29) is 17.1 Å². The molecule has 1 atom stereocenters. The molecule has 1 unspecified atom stereocenters. The van der Waals surface area contributed by atoms with Crippen LogP contribution in [-0.2, 0) is 0 Å². The van der Waals surface area contributed by atoms with Gasteiger partial charge in [-0.25, -0.2) is 4.98 Å². The molecule has 7 nitrogen and oxygen atoms in total. The monoisotopic (exact) mass is 447 g/mol. The minimum Gasteiger partial charge on any atom is -0.377 e. The van der Waals surface area contributed by atoms with E-state index in [1.807, 2.05) is 37.3 Å². The van der Waals surface area contributed by atoms with E-state index < -0.39 is 10.9 Å². The zero-order valence-corrected chi connectivity index (χ0v) is 19.2. The fourth-order valence-electron chi connectivity index (χ4n) is 2.99. The summed E-state index contributed by atoms with van der Waals surface area (Å²) in [6.07, 6.45) is 1.59. The smallest absolute Gasteiger partial charge is 0.253 e. The Labute approximate surface area is 190 Å². The highest BCUT2D eigenvalue weighted by atomic mass is 32.1. The van der Waals surface area contributed by atoms with Crippen molar-refractivity contribution < 1.29 is 0 Å². The van der Waals surface area contributed by atoms with Gasteiger partial charge in [0.2, 0.25) is 5.95 Å². The van der Waals surface area contributed by atoms with Crippen molar-refractivity contribution in [1.82, 2.24) is 9.97 Å². The van der Waals surface area contributed by atoms with Gasteiger partial charge in [0.25, 0.3) is 10.9 Å². The Morgan fingerprint density at radius 2 is 1.66 bits per heavy atom. The number of benzene rings is 1. The number of aromatic nitrogens is 2. The van der Waals surface area contributed by atoms with Gasteiger partial charge in [-0.2, -0.15) is 4.98 Å². The molecule has 0 spiro atoms. The standard InChI is InChI=1S/C24H25N5O2S/c1-14(24(2,3)4)26-19-20(22(31)21(19)30)28-18-11-12-25-23(29-18)27-16-9-7-15(8-10-16)17-6-5-13-32-17/h5-14,26H,1-4H3,(H2,25,27,28,29). The lowest BCUT2D eigenvalue weighted by atomic mass is 9.87. The number of hydrogen-bond donors (Lipinski definition) is 3. The van der Waals surface area contributed by atoms with Gasteiger partial charge in [0.15, 0.2) is 0 Å². The Bertz CT molecular complexity index is 1280. The number of thiophene rings is 1. The van der Waals surface area contributed by atoms with E-state index >= 15 is 0 Å². The minimum absolute atomic E-state index is 0.00567. The molecule has 0 aliphatic rings. The topological polar surface area (TPSA) is 96.0 Å². The molecule has 0 aliphatic carbocycles. The fourth-order valence-corrected chi connectivity index (χ4v) is 3.72. The van der Waals surface area contributed by atoms with Crippen LogP contribution in [0.15, 0.2) is 63.6 Å². The van der Waals surface area contributed by atoms with Crippen molar-refractivity contribution in [1.29, 1.82) is 0 Å². The third-order valence-corrected chi connectivity index (χ3v) is 6.34. The van der Waals surface area contributed by atoms with Gasteiger partial charge in [0, 0.05) is 22.8 Å². The summed E-state index contributed by atoms with van der Waals surface area (Å²) in [5, 5.41) is 11.4. The number of rotatable bonds is 7. The highest BCUT2D eigenvalue weighted by molar-refractivity contribution is 7.13. The van der Waals surface area contributed by atoms with Gasteiger partial charge in [0.1, 0.15) is 17.2 Å². The summed E-state index contributed by atoms with van der Waals surface area (Å²) in [6.45, 7) is 8.19. The van der Waals surface area contributed by atoms with Gasteiger partial charge < -0.3 is 16.0 Å². The number of nitrogens with one attached hydrogen (secondary N) is 3. The van der Waals surface area contributed by atoms with Gasteiger partial charge in [-0.1, -0.05) is 39.0 Å². The van der Waals surface area contributed by atoms with E-state index in [2.05, 4.69) is 58.1 Å². The van der Waals surface area contributed by atoms with Crippen LogP contribution in [0.25, 0.3) is 10.4 Å². The fraction of sp³-hybridized carbons (Fsp3) is 0.250. The first-order valence-corrected chi connectivity index (χ1v) is 11.2. The van der Waals surface area contributed by atoms with Crippen LogP contribution in [-0.4, -0.2) is 16.0 Å². The molecule has 0 radical (unpaired) electrons. The highest BCUT2D eigenvalue weighted by Crippen LogP contribution is 2.28. The average Bonchev–Trinajstić information content (AvgIpc) is 3.31. The second kappa shape index (κ2) is 8.55. The van der Waals surface area contributed by atoms with Crippen LogP contribution in [0.3, 0.4) is 0 Å². The molecule has 0 saturated carbocycles. The first-order valence-electron chi connectivity index (χ1n) is 10.3. The van der Waals surface area contributed by atoms with Crippen LogP contribution in [0.5, 0.6) is 0 Å². The van der Waals surface area contributed by atoms with Gasteiger partial charge in [0.05, 0.1) is 0 Å². The average molecular weight is 448 g/mol. The number of nitrogens with zero attached hydrogens (tertiary/aromatic N) is 2. The Morgan fingerprint density at radius 1 is 0.938 bits per heavy atom. The summed E-state index contributed by atoms with van der Waals surface area (Å²) in [6, 6.07) is 13.8. The molecule has 2 heterocycles. The Hall–Kier alpha value is -3.52. The predicted octanol–water partition coefficient (Wildman–Crippen LogP) is 5.13. The summed E-state index contributed by atoms with van der Waals surface area (Å²) < 4.78 is 0. The van der Waals surface area contributed by atoms with Crippen LogP contribution in [0, 0.1) is 5.41 Å². The molecule has 164 valence electrons. The van der Waals surface area contributed by atoms with Gasteiger partial charge in [-0.15, -0.1) is 11.3 Å². The van der Waals surface area contributed by atoms with Gasteiger partial charge in [-0.05, 0) is 47.5 Å². The second-order valence-electron chi connectivity index (χ2n) is 8.71. The zero-order chi connectivity index (χ0) is 22.9. The number of hydrogen-bond acceptors (Lipinski definition) is 8. The van der Waals surface area contributed by atoms with E-state index in [0.717, 1.165) is 11.3 Å². The molecular formula is C24H25N5O2S. The van der Waals surface area contributed by atoms with E-state index in [4.69, 9.17) is 0 Å². The van der Waals surface area contributed by atoms with Gasteiger partial charge in [-0.3, -0.25) is 9.59 Å².